The van der Waals surface area contributed by atoms with Crippen LogP contribution < -0.4 is 38.2 Å². The third-order valence-electron chi connectivity index (χ3n) is 14.6. The number of hydrogen-bond donors (Lipinski definition) is 0. The first-order chi connectivity index (χ1) is 31.2. The van der Waals surface area contributed by atoms with Gasteiger partial charge in [0.25, 0.3) is 0 Å². The van der Waals surface area contributed by atoms with Crippen molar-refractivity contribution in [2.45, 2.75) is 0 Å². The van der Waals surface area contributed by atoms with Crippen LogP contribution in [0.25, 0.3) is 110 Å². The largest absolute Gasteiger partial charge is 0.456 e. The highest BCUT2D eigenvalue weighted by Crippen LogP contribution is 2.43. The summed E-state index contributed by atoms with van der Waals surface area (Å²) in [5.41, 5.74) is 25.7. The predicted molar refractivity (Wildman–Crippen MR) is 296 cm³/mol. The van der Waals surface area contributed by atoms with Crippen LogP contribution in [0, 0.1) is 0 Å². The number of rotatable bonds is 5. The molecule has 10 heteroatoms. The van der Waals surface area contributed by atoms with E-state index in [2.05, 4.69) is 228 Å². The molecule has 3 aromatic heterocycles. The summed E-state index contributed by atoms with van der Waals surface area (Å²) >= 11 is 0. The van der Waals surface area contributed by atoms with Gasteiger partial charge >= 0.3 is 0 Å². The summed E-state index contributed by atoms with van der Waals surface area (Å²) in [7, 11) is 16.3. The molecule has 9 aromatic carbocycles. The quantitative estimate of drug-likeness (QED) is 0.246. The summed E-state index contributed by atoms with van der Waals surface area (Å²) in [4.78, 5) is 0. The van der Waals surface area contributed by atoms with E-state index in [0.717, 1.165) is 27.6 Å². The lowest BCUT2D eigenvalue weighted by atomic mass is 9.64. The van der Waals surface area contributed by atoms with E-state index < -0.39 is 0 Å². The predicted octanol–water partition coefficient (Wildman–Crippen LogP) is 2.59. The number of fused-ring (bicyclic) bond motifs is 9. The molecule has 12 aromatic rings. The maximum atomic E-state index is 6.51. The van der Waals surface area contributed by atoms with Gasteiger partial charge in [0, 0.05) is 38.1 Å². The highest BCUT2D eigenvalue weighted by molar-refractivity contribution is 6.69. The van der Waals surface area contributed by atoms with E-state index in [1.165, 1.54) is 121 Å². The van der Waals surface area contributed by atoms with Gasteiger partial charge in [0.2, 0.25) is 0 Å². The molecule has 0 aliphatic rings. The smallest absolute Gasteiger partial charge is 0.141 e. The molecule has 0 radical (unpaired) electrons. The van der Waals surface area contributed by atoms with E-state index in [1.807, 2.05) is 0 Å². The van der Waals surface area contributed by atoms with Crippen LogP contribution in [0.15, 0.2) is 168 Å². The van der Waals surface area contributed by atoms with Crippen LogP contribution in [0.2, 0.25) is 0 Å². The monoisotopic (exact) mass is 810 g/mol. The van der Waals surface area contributed by atoms with Gasteiger partial charge in [-0.2, -0.15) is 0 Å². The van der Waals surface area contributed by atoms with Gasteiger partial charge in [-0.25, -0.2) is 0 Å². The fourth-order valence-electron chi connectivity index (χ4n) is 11.2. The molecule has 12 rings (SSSR count). The number of hydrogen-bond acceptors (Lipinski definition) is 1. The van der Waals surface area contributed by atoms with Crippen LogP contribution in [-0.4, -0.2) is 64.1 Å². The SMILES string of the molecule is Bc1c(B)c(B)c2c(c1B)c1c(B)c(-c3ccc4c(c3)c3c(-c5ccccc5)cccc3n4-c3ccccc3-c3ccccc3)c(B)c(B)c1n2-c1cccc2oc3ccccc3c12. The zero-order valence-electron chi connectivity index (χ0n) is 37.4. The van der Waals surface area contributed by atoms with E-state index in [9.17, 15) is 0 Å². The van der Waals surface area contributed by atoms with Gasteiger partial charge in [0.1, 0.15) is 66.1 Å². The molecule has 0 fully saturated rings. The van der Waals surface area contributed by atoms with Crippen LogP contribution in [0.3, 0.4) is 0 Å². The minimum absolute atomic E-state index is 0.906. The molecule has 64 heavy (non-hydrogen) atoms. The first-order valence-corrected chi connectivity index (χ1v) is 22.5. The summed E-state index contributed by atoms with van der Waals surface area (Å²) in [6.45, 7) is 0. The Bertz CT molecular complexity index is 3930. The lowest BCUT2D eigenvalue weighted by Gasteiger charge is -2.19. The van der Waals surface area contributed by atoms with Gasteiger partial charge < -0.3 is 13.6 Å². The van der Waals surface area contributed by atoms with E-state index in [1.54, 1.807) is 0 Å². The van der Waals surface area contributed by atoms with Gasteiger partial charge in [-0.3, -0.25) is 0 Å². The molecule has 0 atom stereocenters. The zero-order chi connectivity index (χ0) is 43.5. The minimum Gasteiger partial charge on any atom is -0.456 e. The van der Waals surface area contributed by atoms with Crippen molar-refractivity contribution in [3.8, 4) is 44.8 Å². The zero-order valence-corrected chi connectivity index (χ0v) is 37.4. The molecule has 0 saturated heterocycles. The third-order valence-corrected chi connectivity index (χ3v) is 14.6. The lowest BCUT2D eigenvalue weighted by molar-refractivity contribution is 0.669. The molecule has 0 amide bonds. The standard InChI is InChI=1S/C54H41B7N2O/c55-46-41(47(56)51(60)53-44(46)45-48(57)49(58)50(59)52(61)54(45)63(53)38-22-12-24-40-43(38)33-18-8-10-23-39(33)64-40)30-25-26-36-34(27-30)42-32(29-15-5-2-6-16-29)19-11-21-37(42)62(36)35-20-9-7-17-31(35)28-13-3-1-4-14-28/h1-27H,55-61H2. The second-order valence-electron chi connectivity index (χ2n) is 17.8. The second-order valence-corrected chi connectivity index (χ2v) is 17.8. The normalized spacial score (nSPS) is 11.9. The molecule has 0 aliphatic carbocycles. The molecule has 0 saturated carbocycles. The Morgan fingerprint density at radius 3 is 1.67 bits per heavy atom. The molecule has 0 bridgehead atoms. The van der Waals surface area contributed by atoms with Gasteiger partial charge in [0.05, 0.1) is 27.8 Å². The maximum absolute atomic E-state index is 6.51. The van der Waals surface area contributed by atoms with Crippen LogP contribution in [0.4, 0.5) is 0 Å². The van der Waals surface area contributed by atoms with Crippen molar-refractivity contribution in [1.82, 2.24) is 9.13 Å². The van der Waals surface area contributed by atoms with Gasteiger partial charge in [-0.05, 0) is 75.7 Å². The summed E-state index contributed by atoms with van der Waals surface area (Å²) in [5, 5.41) is 7.45. The maximum Gasteiger partial charge on any atom is 0.141 e. The van der Waals surface area contributed by atoms with Crippen LogP contribution in [-0.2, 0) is 0 Å². The Hall–Kier alpha value is -7.17. The van der Waals surface area contributed by atoms with E-state index in [0.29, 0.717) is 0 Å². The Morgan fingerprint density at radius 1 is 0.328 bits per heavy atom. The fraction of sp³-hybridized carbons (Fsp3) is 0. The van der Waals surface area contributed by atoms with Crippen molar-refractivity contribution in [2.24, 2.45) is 0 Å². The Labute approximate surface area is 379 Å². The second kappa shape index (κ2) is 14.4. The van der Waals surface area contributed by atoms with Gasteiger partial charge in [-0.1, -0.05) is 154 Å². The van der Waals surface area contributed by atoms with E-state index in [-0.39, 0.29) is 0 Å². The molecule has 0 spiro atoms. The number of furan rings is 1. The first-order valence-electron chi connectivity index (χ1n) is 22.5. The molecule has 3 heterocycles. The topological polar surface area (TPSA) is 23.0 Å². The Kier molecular flexibility index (Phi) is 8.69. The average Bonchev–Trinajstić information content (AvgIpc) is 4.01. The van der Waals surface area contributed by atoms with Crippen molar-refractivity contribution in [3.63, 3.8) is 0 Å². The van der Waals surface area contributed by atoms with Crippen molar-refractivity contribution in [2.75, 3.05) is 0 Å². The van der Waals surface area contributed by atoms with Gasteiger partial charge in [0.15, 0.2) is 0 Å². The van der Waals surface area contributed by atoms with E-state index >= 15 is 0 Å². The van der Waals surface area contributed by atoms with Crippen molar-refractivity contribution < 1.29 is 4.42 Å². The van der Waals surface area contributed by atoms with Crippen LogP contribution in [0.1, 0.15) is 0 Å². The number of benzene rings is 9. The minimum atomic E-state index is 0.906. The Morgan fingerprint density at radius 2 is 0.906 bits per heavy atom. The number of aromatic nitrogens is 2. The van der Waals surface area contributed by atoms with Crippen LogP contribution in [0.5, 0.6) is 0 Å². The molecule has 0 aliphatic heterocycles. The fourth-order valence-corrected chi connectivity index (χ4v) is 11.2. The van der Waals surface area contributed by atoms with Gasteiger partial charge in [-0.15, -0.1) is 5.46 Å². The molecule has 0 unspecified atom stereocenters. The number of nitrogens with zero attached hydrogens (tertiary/aromatic N) is 2. The highest BCUT2D eigenvalue weighted by Gasteiger charge is 2.27. The first kappa shape index (κ1) is 38.5. The summed E-state index contributed by atoms with van der Waals surface area (Å²) in [6, 6.07) is 59.5. The van der Waals surface area contributed by atoms with Crippen molar-refractivity contribution in [3.05, 3.63) is 164 Å². The highest BCUT2D eigenvalue weighted by atomic mass is 16.3. The summed E-state index contributed by atoms with van der Waals surface area (Å²) in [5.74, 6) is 0. The molecular weight excluding hydrogens is 768 g/mol. The third kappa shape index (κ3) is 5.38. The number of para-hydroxylation sites is 2. The Balaban J connectivity index is 1.19. The van der Waals surface area contributed by atoms with Crippen molar-refractivity contribution in [1.29, 1.82) is 0 Å². The molecule has 3 nitrogen and oxygen atoms in total. The molecule has 0 N–H and O–H groups in total. The summed E-state index contributed by atoms with van der Waals surface area (Å²) in [6.07, 6.45) is 0. The molecular formula is C54H41B7N2O. The average molecular weight is 810 g/mol. The van der Waals surface area contributed by atoms with Crippen molar-refractivity contribution >= 4 is 159 Å². The molecule has 294 valence electrons. The van der Waals surface area contributed by atoms with E-state index in [4.69, 9.17) is 4.42 Å². The lowest BCUT2D eigenvalue weighted by Crippen LogP contribution is -2.48. The van der Waals surface area contributed by atoms with Crippen LogP contribution >= 0.6 is 0 Å². The summed E-state index contributed by atoms with van der Waals surface area (Å²) < 4.78 is 11.6.